The molecule has 0 atom stereocenters. The number of benzene rings is 1. The fourth-order valence-electron chi connectivity index (χ4n) is 1.42. The number of aromatic nitrogens is 2. The summed E-state index contributed by atoms with van der Waals surface area (Å²) in [7, 11) is -3.98. The zero-order valence-electron chi connectivity index (χ0n) is 9.35. The van der Waals surface area contributed by atoms with Gasteiger partial charge in [-0.1, -0.05) is 17.7 Å². The van der Waals surface area contributed by atoms with Gasteiger partial charge in [-0.25, -0.2) is 23.5 Å². The Kier molecular flexibility index (Phi) is 2.87. The van der Waals surface area contributed by atoms with Crippen LogP contribution in [-0.2, 0) is 9.84 Å². The van der Waals surface area contributed by atoms with Crippen molar-refractivity contribution in [1.29, 1.82) is 0 Å². The number of nitro groups is 1. The van der Waals surface area contributed by atoms with E-state index in [0.29, 0.717) is 4.68 Å². The molecule has 0 saturated heterocycles. The lowest BCUT2D eigenvalue weighted by Gasteiger charge is -2.02. The number of rotatable bonds is 3. The molecular weight excluding hydrogens is 258 g/mol. The molecule has 8 heteroatoms. The summed E-state index contributed by atoms with van der Waals surface area (Å²) < 4.78 is 24.7. The molecule has 0 amide bonds. The molecule has 94 valence electrons. The lowest BCUT2D eigenvalue weighted by Crippen LogP contribution is -2.16. The van der Waals surface area contributed by atoms with Crippen LogP contribution in [0.4, 0.5) is 0 Å². The molecule has 1 aromatic heterocycles. The average molecular weight is 267 g/mol. The van der Waals surface area contributed by atoms with Crippen LogP contribution in [0, 0.1) is 17.0 Å². The molecule has 0 aliphatic heterocycles. The topological polar surface area (TPSA) is 95.1 Å². The first-order valence-electron chi connectivity index (χ1n) is 4.93. The van der Waals surface area contributed by atoms with Crippen LogP contribution in [0.25, 0.3) is 0 Å². The summed E-state index contributed by atoms with van der Waals surface area (Å²) in [6, 6.07) is 6.02. The summed E-state index contributed by atoms with van der Waals surface area (Å²) >= 11 is 0. The summed E-state index contributed by atoms with van der Waals surface area (Å²) in [5.41, 5.74) is 0.895. The van der Waals surface area contributed by atoms with Crippen molar-refractivity contribution in [2.45, 2.75) is 17.0 Å². The van der Waals surface area contributed by atoms with Crippen LogP contribution in [0.5, 0.6) is 0 Å². The van der Waals surface area contributed by atoms with Crippen LogP contribution in [0.15, 0.2) is 46.7 Å². The summed E-state index contributed by atoms with van der Waals surface area (Å²) in [5.74, 6) is 0. The molecule has 0 saturated carbocycles. The molecule has 0 N–H and O–H groups in total. The maximum absolute atomic E-state index is 12.1. The molecular formula is C10H9N3O4S. The van der Waals surface area contributed by atoms with Crippen LogP contribution >= 0.6 is 0 Å². The summed E-state index contributed by atoms with van der Waals surface area (Å²) in [6.45, 7) is 1.81. The number of sulfone groups is 1. The molecule has 0 fully saturated rings. The molecule has 1 heterocycles. The Bertz CT molecular complexity index is 688. The Morgan fingerprint density at radius 2 is 1.89 bits per heavy atom. The molecule has 0 bridgehead atoms. The quantitative estimate of drug-likeness (QED) is 0.612. The maximum atomic E-state index is 12.1. The highest BCUT2D eigenvalue weighted by molar-refractivity contribution is 7.91. The third kappa shape index (κ3) is 1.97. The summed E-state index contributed by atoms with van der Waals surface area (Å²) in [6.07, 6.45) is 2.06. The van der Waals surface area contributed by atoms with E-state index in [9.17, 15) is 18.5 Å². The number of nitrogens with zero attached hydrogens (tertiary/aromatic N) is 3. The highest BCUT2D eigenvalue weighted by Crippen LogP contribution is 2.19. The van der Waals surface area contributed by atoms with E-state index in [1.54, 1.807) is 12.1 Å². The third-order valence-electron chi connectivity index (χ3n) is 2.34. The predicted octanol–water partition coefficient (Wildman–Crippen LogP) is 1.06. The van der Waals surface area contributed by atoms with Gasteiger partial charge >= 0.3 is 0 Å². The second-order valence-corrected chi connectivity index (χ2v) is 5.45. The van der Waals surface area contributed by atoms with Gasteiger partial charge in [-0.3, -0.25) is 0 Å². The average Bonchev–Trinajstić information content (AvgIpc) is 2.79. The van der Waals surface area contributed by atoms with Gasteiger partial charge in [0.2, 0.25) is 9.84 Å². The number of hydrogen-bond acceptors (Lipinski definition) is 5. The van der Waals surface area contributed by atoms with Crippen LogP contribution in [0.1, 0.15) is 5.56 Å². The van der Waals surface area contributed by atoms with Crippen LogP contribution in [-0.4, -0.2) is 23.1 Å². The first-order chi connectivity index (χ1) is 8.43. The molecule has 0 radical (unpaired) electrons. The number of aryl methyl sites for hydroxylation is 1. The van der Waals surface area contributed by atoms with E-state index in [2.05, 4.69) is 4.98 Å². The predicted molar refractivity (Wildman–Crippen MR) is 61.3 cm³/mol. The Labute approximate surface area is 103 Å². The standard InChI is InChI=1S/C10H9N3O4S/c1-8-2-4-9(5-3-8)18(16,17)10-11-6-7-12(10)13(14)15/h2-7H,1H3. The van der Waals surface area contributed by atoms with E-state index < -0.39 is 20.0 Å². The van der Waals surface area contributed by atoms with Gasteiger partial charge in [-0.15, -0.1) is 0 Å². The van der Waals surface area contributed by atoms with E-state index in [4.69, 9.17) is 0 Å². The SMILES string of the molecule is Cc1ccc(S(=O)(=O)c2nccn2[N+](=O)[O-])cc1. The van der Waals surface area contributed by atoms with Gasteiger partial charge < -0.3 is 0 Å². The molecule has 0 unspecified atom stereocenters. The first kappa shape index (κ1) is 12.2. The van der Waals surface area contributed by atoms with Crippen molar-refractivity contribution in [2.24, 2.45) is 0 Å². The Morgan fingerprint density at radius 1 is 1.28 bits per heavy atom. The maximum Gasteiger partial charge on any atom is 0.296 e. The van der Waals surface area contributed by atoms with E-state index >= 15 is 0 Å². The molecule has 0 aliphatic carbocycles. The van der Waals surface area contributed by atoms with E-state index in [1.165, 1.54) is 12.1 Å². The van der Waals surface area contributed by atoms with Crippen molar-refractivity contribution < 1.29 is 13.5 Å². The monoisotopic (exact) mass is 267 g/mol. The zero-order valence-corrected chi connectivity index (χ0v) is 10.2. The van der Waals surface area contributed by atoms with Crippen molar-refractivity contribution in [2.75, 3.05) is 0 Å². The molecule has 0 spiro atoms. The molecule has 1 aromatic carbocycles. The van der Waals surface area contributed by atoms with Gasteiger partial charge in [0.15, 0.2) is 5.03 Å². The van der Waals surface area contributed by atoms with E-state index in [0.717, 1.165) is 18.0 Å². The highest BCUT2D eigenvalue weighted by Gasteiger charge is 2.27. The second kappa shape index (κ2) is 4.22. The molecule has 2 rings (SSSR count). The minimum atomic E-state index is -3.98. The van der Waals surface area contributed by atoms with Gasteiger partial charge in [0.25, 0.3) is 5.16 Å². The fourth-order valence-corrected chi connectivity index (χ4v) is 2.70. The lowest BCUT2D eigenvalue weighted by molar-refractivity contribution is -0.549. The highest BCUT2D eigenvalue weighted by atomic mass is 32.2. The van der Waals surface area contributed by atoms with Crippen LogP contribution in [0.2, 0.25) is 0 Å². The molecule has 0 aliphatic rings. The minimum absolute atomic E-state index is 0.0256. The van der Waals surface area contributed by atoms with Gasteiger partial charge in [0.1, 0.15) is 0 Å². The Morgan fingerprint density at radius 3 is 2.44 bits per heavy atom. The summed E-state index contributed by atoms with van der Waals surface area (Å²) in [5, 5.41) is 9.24. The molecule has 2 aromatic rings. The largest absolute Gasteiger partial charge is 0.296 e. The van der Waals surface area contributed by atoms with Crippen molar-refractivity contribution in [3.8, 4) is 0 Å². The summed E-state index contributed by atoms with van der Waals surface area (Å²) in [4.78, 5) is 14.2. The van der Waals surface area contributed by atoms with Gasteiger partial charge in [-0.2, -0.15) is 0 Å². The smallest absolute Gasteiger partial charge is 0.234 e. The Hall–Kier alpha value is -2.22. The fraction of sp³-hybridized carbons (Fsp3) is 0.100. The normalized spacial score (nSPS) is 11.4. The van der Waals surface area contributed by atoms with Crippen molar-refractivity contribution in [1.82, 2.24) is 9.66 Å². The minimum Gasteiger partial charge on any atom is -0.234 e. The Balaban J connectivity index is 2.58. The van der Waals surface area contributed by atoms with Crippen LogP contribution < -0.4 is 0 Å². The van der Waals surface area contributed by atoms with Gasteiger partial charge in [-0.05, 0) is 23.7 Å². The third-order valence-corrected chi connectivity index (χ3v) is 4.00. The van der Waals surface area contributed by atoms with Crippen molar-refractivity contribution in [3.63, 3.8) is 0 Å². The van der Waals surface area contributed by atoms with Crippen molar-refractivity contribution >= 4 is 9.84 Å². The zero-order chi connectivity index (χ0) is 13.3. The second-order valence-electron chi connectivity index (χ2n) is 3.61. The van der Waals surface area contributed by atoms with E-state index in [-0.39, 0.29) is 4.90 Å². The van der Waals surface area contributed by atoms with Crippen LogP contribution in [0.3, 0.4) is 0 Å². The van der Waals surface area contributed by atoms with Gasteiger partial charge in [0, 0.05) is 0 Å². The molecule has 7 nitrogen and oxygen atoms in total. The van der Waals surface area contributed by atoms with Crippen molar-refractivity contribution in [3.05, 3.63) is 52.3 Å². The molecule has 18 heavy (non-hydrogen) atoms. The number of hydrogen-bond donors (Lipinski definition) is 0. The van der Waals surface area contributed by atoms with E-state index in [1.807, 2.05) is 6.92 Å². The lowest BCUT2D eigenvalue weighted by atomic mass is 10.2. The first-order valence-corrected chi connectivity index (χ1v) is 6.41. The van der Waals surface area contributed by atoms with Gasteiger partial charge in [0.05, 0.1) is 17.3 Å². The number of imidazole rings is 1.